The van der Waals surface area contributed by atoms with E-state index in [0.717, 1.165) is 17.3 Å². The first-order valence-electron chi connectivity index (χ1n) is 7.98. The Kier molecular flexibility index (Phi) is 5.22. The Balaban J connectivity index is 1.93. The zero-order valence-corrected chi connectivity index (χ0v) is 15.1. The Bertz CT molecular complexity index is 982. The predicted octanol–water partition coefficient (Wildman–Crippen LogP) is 0.923. The Morgan fingerprint density at radius 2 is 1.92 bits per heavy atom. The highest BCUT2D eigenvalue weighted by Crippen LogP contribution is 2.24. The first kappa shape index (κ1) is 17.9. The lowest BCUT2D eigenvalue weighted by Gasteiger charge is -2.11. The van der Waals surface area contributed by atoms with Crippen LogP contribution in [0, 0.1) is 0 Å². The van der Waals surface area contributed by atoms with E-state index in [4.69, 9.17) is 0 Å². The van der Waals surface area contributed by atoms with Gasteiger partial charge in [0.25, 0.3) is 5.56 Å². The fourth-order valence-corrected chi connectivity index (χ4v) is 3.21. The molecule has 0 bridgehead atoms. The van der Waals surface area contributed by atoms with Crippen molar-refractivity contribution in [3.8, 4) is 11.4 Å². The van der Waals surface area contributed by atoms with Gasteiger partial charge >= 0.3 is 0 Å². The summed E-state index contributed by atoms with van der Waals surface area (Å²) in [6, 6.07) is 13.2. The van der Waals surface area contributed by atoms with Crippen molar-refractivity contribution in [3.63, 3.8) is 0 Å². The molecule has 0 aliphatic carbocycles. The molecule has 0 spiro atoms. The van der Waals surface area contributed by atoms with Crippen LogP contribution < -0.4 is 10.7 Å². The Morgan fingerprint density at radius 3 is 2.62 bits per heavy atom. The number of hydrogen-bond acceptors (Lipinski definition) is 6. The smallest absolute Gasteiger partial charge is 0.261 e. The second-order valence-electron chi connectivity index (χ2n) is 5.78. The summed E-state index contributed by atoms with van der Waals surface area (Å²) in [5.74, 6) is -0.782. The second kappa shape index (κ2) is 7.57. The number of hydrogen-bond donors (Lipinski definition) is 0. The molecule has 3 rings (SSSR count). The molecule has 0 amide bonds. The highest BCUT2D eigenvalue weighted by molar-refractivity contribution is 8.00. The van der Waals surface area contributed by atoms with Crippen LogP contribution in [0.2, 0.25) is 0 Å². The van der Waals surface area contributed by atoms with Crippen molar-refractivity contribution in [1.29, 1.82) is 0 Å². The van der Waals surface area contributed by atoms with Gasteiger partial charge in [0.1, 0.15) is 0 Å². The number of carbonyl (C=O) groups excluding carboxylic acids is 1. The van der Waals surface area contributed by atoms with Crippen LogP contribution in [-0.2, 0) is 18.4 Å². The van der Waals surface area contributed by atoms with Crippen LogP contribution in [0.1, 0.15) is 12.5 Å². The molecule has 134 valence electrons. The fourth-order valence-electron chi connectivity index (χ4n) is 2.47. The number of thioether (sulfide) groups is 1. The summed E-state index contributed by atoms with van der Waals surface area (Å²) in [6.45, 7) is 1.97. The Morgan fingerprint density at radius 1 is 1.19 bits per heavy atom. The number of benzene rings is 1. The summed E-state index contributed by atoms with van der Waals surface area (Å²) in [6.07, 6.45) is 1.73. The summed E-state index contributed by atoms with van der Waals surface area (Å²) in [4.78, 5) is 23.8. The molecule has 0 radical (unpaired) electrons. The Labute approximate surface area is 154 Å². The minimum atomic E-state index is -1.18. The number of carboxylic acid groups (broad SMARTS) is 1. The van der Waals surface area contributed by atoms with Crippen molar-refractivity contribution >= 4 is 17.7 Å². The number of nitrogens with zero attached hydrogens (tertiary/aromatic N) is 4. The molecule has 0 fully saturated rings. The lowest BCUT2D eigenvalue weighted by Crippen LogP contribution is -2.31. The highest BCUT2D eigenvalue weighted by Gasteiger charge is 2.17. The molecule has 1 atom stereocenters. The monoisotopic (exact) mass is 369 g/mol. The Hall–Kier alpha value is -2.87. The summed E-state index contributed by atoms with van der Waals surface area (Å²) >= 11 is 1.02. The van der Waals surface area contributed by atoms with Crippen LogP contribution >= 0.6 is 11.8 Å². The second-order valence-corrected chi connectivity index (χ2v) is 7.09. The van der Waals surface area contributed by atoms with Gasteiger partial charge < -0.3 is 19.0 Å². The van der Waals surface area contributed by atoms with Gasteiger partial charge in [0, 0.05) is 18.5 Å². The molecule has 3 aromatic rings. The molecule has 0 N–H and O–H groups in total. The maximum atomic E-state index is 12.8. The van der Waals surface area contributed by atoms with E-state index < -0.39 is 11.2 Å². The molecule has 8 heteroatoms. The highest BCUT2D eigenvalue weighted by atomic mass is 32.2. The van der Waals surface area contributed by atoms with Crippen molar-refractivity contribution in [3.05, 3.63) is 64.6 Å². The maximum Gasteiger partial charge on any atom is 0.261 e. The van der Waals surface area contributed by atoms with Crippen molar-refractivity contribution in [1.82, 2.24) is 19.3 Å². The van der Waals surface area contributed by atoms with Gasteiger partial charge in [-0.05, 0) is 24.6 Å². The van der Waals surface area contributed by atoms with Crippen molar-refractivity contribution in [2.24, 2.45) is 7.05 Å². The number of carboxylic acids is 1. The van der Waals surface area contributed by atoms with E-state index in [1.807, 2.05) is 30.3 Å². The van der Waals surface area contributed by atoms with Crippen LogP contribution in [0.5, 0.6) is 0 Å². The largest absolute Gasteiger partial charge is 0.549 e. The molecule has 26 heavy (non-hydrogen) atoms. The third kappa shape index (κ3) is 3.70. The topological polar surface area (TPSA) is 92.8 Å². The van der Waals surface area contributed by atoms with Gasteiger partial charge in [-0.3, -0.25) is 4.79 Å². The summed E-state index contributed by atoms with van der Waals surface area (Å²) in [7, 11) is 1.70. The van der Waals surface area contributed by atoms with Crippen LogP contribution in [0.4, 0.5) is 0 Å². The first-order valence-corrected chi connectivity index (χ1v) is 8.86. The van der Waals surface area contributed by atoms with Gasteiger partial charge in [0.05, 0.1) is 18.1 Å². The molecule has 0 saturated carbocycles. The van der Waals surface area contributed by atoms with Crippen LogP contribution in [0.3, 0.4) is 0 Å². The molecular weight excluding hydrogens is 352 g/mol. The van der Waals surface area contributed by atoms with Crippen LogP contribution in [0.25, 0.3) is 11.4 Å². The van der Waals surface area contributed by atoms with Crippen LogP contribution in [-0.4, -0.2) is 30.6 Å². The number of rotatable bonds is 6. The average molecular weight is 369 g/mol. The van der Waals surface area contributed by atoms with E-state index in [-0.39, 0.29) is 5.56 Å². The summed E-state index contributed by atoms with van der Waals surface area (Å²) in [5, 5.41) is 18.6. The molecule has 7 nitrogen and oxygen atoms in total. The van der Waals surface area contributed by atoms with E-state index in [1.165, 1.54) is 6.92 Å². The quantitative estimate of drug-likeness (QED) is 0.600. The van der Waals surface area contributed by atoms with Gasteiger partial charge in [-0.15, -0.1) is 10.2 Å². The van der Waals surface area contributed by atoms with E-state index in [2.05, 4.69) is 10.2 Å². The SMILES string of the molecule is C[C@@H](Sc1nnc(-c2cccn(Cc3ccccc3)c2=O)n1C)C(=O)[O-]. The normalized spacial score (nSPS) is 12.1. The minimum absolute atomic E-state index is 0.184. The zero-order chi connectivity index (χ0) is 18.7. The minimum Gasteiger partial charge on any atom is -0.549 e. The van der Waals surface area contributed by atoms with Crippen molar-refractivity contribution in [2.75, 3.05) is 0 Å². The molecule has 2 heterocycles. The van der Waals surface area contributed by atoms with Crippen molar-refractivity contribution in [2.45, 2.75) is 23.9 Å². The van der Waals surface area contributed by atoms with Gasteiger partial charge in [-0.25, -0.2) is 0 Å². The molecule has 0 aliphatic heterocycles. The standard InChI is InChI=1S/C18H18N4O3S/c1-12(17(24)25)26-18-20-19-15(21(18)2)14-9-6-10-22(16(14)23)11-13-7-4-3-5-8-13/h3-10,12H,11H2,1-2H3,(H,24,25)/p-1/t12-/m1/s1. The first-order chi connectivity index (χ1) is 12.5. The summed E-state index contributed by atoms with van der Waals surface area (Å²) < 4.78 is 3.23. The van der Waals surface area contributed by atoms with E-state index >= 15 is 0 Å². The zero-order valence-electron chi connectivity index (χ0n) is 14.3. The third-order valence-corrected chi connectivity index (χ3v) is 5.02. The molecule has 2 aromatic heterocycles. The number of carbonyl (C=O) groups is 1. The van der Waals surface area contributed by atoms with E-state index in [1.54, 1.807) is 34.5 Å². The van der Waals surface area contributed by atoms with Gasteiger partial charge in [0.15, 0.2) is 11.0 Å². The molecule has 1 aromatic carbocycles. The van der Waals surface area contributed by atoms with Crippen LogP contribution in [0.15, 0.2) is 58.6 Å². The lowest BCUT2D eigenvalue weighted by atomic mass is 10.2. The molecule has 0 saturated heterocycles. The third-order valence-electron chi connectivity index (χ3n) is 3.91. The average Bonchev–Trinajstić information content (AvgIpc) is 2.98. The predicted molar refractivity (Wildman–Crippen MR) is 96.6 cm³/mol. The van der Waals surface area contributed by atoms with Gasteiger partial charge in [-0.1, -0.05) is 42.1 Å². The van der Waals surface area contributed by atoms with E-state index in [9.17, 15) is 14.7 Å². The lowest BCUT2D eigenvalue weighted by molar-refractivity contribution is -0.304. The molecule has 0 aliphatic rings. The number of aliphatic carboxylic acids is 1. The molecule has 0 unspecified atom stereocenters. The molecular formula is C18H17N4O3S-. The van der Waals surface area contributed by atoms with Gasteiger partial charge in [0.2, 0.25) is 0 Å². The number of aromatic nitrogens is 4. The van der Waals surface area contributed by atoms with E-state index in [0.29, 0.717) is 23.1 Å². The van der Waals surface area contributed by atoms with Crippen molar-refractivity contribution < 1.29 is 9.90 Å². The number of pyridine rings is 1. The maximum absolute atomic E-state index is 12.8. The van der Waals surface area contributed by atoms with Gasteiger partial charge in [-0.2, -0.15) is 0 Å². The summed E-state index contributed by atoms with van der Waals surface area (Å²) in [5.41, 5.74) is 1.24. The fraction of sp³-hybridized carbons (Fsp3) is 0.222.